The van der Waals surface area contributed by atoms with Crippen molar-refractivity contribution in [2.45, 2.75) is 32.9 Å². The van der Waals surface area contributed by atoms with Gasteiger partial charge in [-0.1, -0.05) is 31.2 Å². The molecular weight excluding hydrogens is 594 g/mol. The summed E-state index contributed by atoms with van der Waals surface area (Å²) >= 11 is 0. The number of hydrogen-bond acceptors (Lipinski definition) is 7. The van der Waals surface area contributed by atoms with Crippen molar-refractivity contribution in [3.63, 3.8) is 0 Å². The van der Waals surface area contributed by atoms with Crippen LogP contribution in [-0.2, 0) is 24.8 Å². The third-order valence-electron chi connectivity index (χ3n) is 8.52. The lowest BCUT2D eigenvalue weighted by Crippen LogP contribution is -2.27. The normalized spacial score (nSPS) is 16.0. The highest BCUT2D eigenvalue weighted by molar-refractivity contribution is 5.92. The lowest BCUT2D eigenvalue weighted by atomic mass is 9.87. The fraction of sp³-hybridized carbons (Fsp3) is 0.265. The fourth-order valence-corrected chi connectivity index (χ4v) is 6.00. The predicted octanol–water partition coefficient (Wildman–Crippen LogP) is 6.12. The average molecular weight is 625 g/mol. The van der Waals surface area contributed by atoms with Crippen molar-refractivity contribution in [1.82, 2.24) is 29.5 Å². The Kier molecular flexibility index (Phi) is 7.23. The van der Waals surface area contributed by atoms with Gasteiger partial charge in [0.05, 0.1) is 47.1 Å². The summed E-state index contributed by atoms with van der Waals surface area (Å²) in [6, 6.07) is 17.4. The van der Waals surface area contributed by atoms with E-state index < -0.39 is 17.6 Å². The first-order chi connectivity index (χ1) is 22.1. The number of carboxylic acids is 1. The van der Waals surface area contributed by atoms with Gasteiger partial charge in [-0.3, -0.25) is 0 Å². The topological polar surface area (TPSA) is 117 Å². The highest BCUT2D eigenvalue weighted by atomic mass is 19.1. The van der Waals surface area contributed by atoms with E-state index >= 15 is 8.78 Å². The summed E-state index contributed by atoms with van der Waals surface area (Å²) < 4.78 is 46.6. The van der Waals surface area contributed by atoms with Gasteiger partial charge in [0.25, 0.3) is 0 Å². The Morgan fingerprint density at radius 3 is 2.65 bits per heavy atom. The summed E-state index contributed by atoms with van der Waals surface area (Å²) in [6.07, 6.45) is -0.0145. The zero-order chi connectivity index (χ0) is 32.2. The highest BCUT2D eigenvalue weighted by Crippen LogP contribution is 2.40. The largest absolute Gasteiger partial charge is 0.478 e. The molecule has 4 heterocycles. The molecule has 234 valence electrons. The summed E-state index contributed by atoms with van der Waals surface area (Å²) in [5.74, 6) is -1.58. The second kappa shape index (κ2) is 11.3. The zero-order valence-electron chi connectivity index (χ0n) is 25.4. The smallest absolute Gasteiger partial charge is 0.335 e. The third kappa shape index (κ3) is 5.34. The number of halogens is 2. The number of benzene rings is 3. The number of aromatic nitrogens is 6. The van der Waals surface area contributed by atoms with Crippen LogP contribution < -0.4 is 4.74 Å². The Bertz CT molecular complexity index is 2140. The van der Waals surface area contributed by atoms with E-state index in [0.717, 1.165) is 22.7 Å². The number of nitrogens with zero attached hydrogens (tertiary/aromatic N) is 6. The number of rotatable bonds is 8. The van der Waals surface area contributed by atoms with E-state index in [4.69, 9.17) is 14.5 Å². The summed E-state index contributed by atoms with van der Waals surface area (Å²) in [5.41, 5.74) is 3.82. The first-order valence-corrected chi connectivity index (χ1v) is 14.8. The van der Waals surface area contributed by atoms with Crippen LogP contribution in [0.25, 0.3) is 33.3 Å². The number of pyridine rings is 1. The minimum atomic E-state index is -1.06. The van der Waals surface area contributed by atoms with Crippen molar-refractivity contribution < 1.29 is 28.2 Å². The molecule has 0 amide bonds. The van der Waals surface area contributed by atoms with E-state index in [9.17, 15) is 9.90 Å². The van der Waals surface area contributed by atoms with Gasteiger partial charge in [0.1, 0.15) is 29.6 Å². The summed E-state index contributed by atoms with van der Waals surface area (Å²) in [5, 5.41) is 17.7. The van der Waals surface area contributed by atoms with Crippen LogP contribution in [0.4, 0.5) is 8.78 Å². The maximum atomic E-state index is 15.7. The minimum absolute atomic E-state index is 0.00221. The standard InChI is InChI=1S/C34H30F2N6O4/c1-34(2)18-45-17-30(34)42-29-13-20(33(43)44)8-9-26(29)37-31(42)14-21-12-24(36)22(15-23(21)35)25-5-4-6-32(38-25)46-16-19-7-10-28-27(11-19)39-40-41(28)3/h4-13,15,30H,14,16-18H2,1-3H3,(H,43,44)/t30-/m1/s1. The van der Waals surface area contributed by atoms with Crippen LogP contribution >= 0.6 is 0 Å². The van der Waals surface area contributed by atoms with Crippen molar-refractivity contribution in [2.75, 3.05) is 13.2 Å². The summed E-state index contributed by atoms with van der Waals surface area (Å²) in [7, 11) is 1.82. The van der Waals surface area contributed by atoms with Crippen LogP contribution in [0.15, 0.2) is 66.7 Å². The van der Waals surface area contributed by atoms with Gasteiger partial charge < -0.3 is 19.1 Å². The lowest BCUT2D eigenvalue weighted by Gasteiger charge is -2.28. The molecule has 10 nitrogen and oxygen atoms in total. The van der Waals surface area contributed by atoms with Gasteiger partial charge in [0, 0.05) is 30.5 Å². The number of carbonyl (C=O) groups is 1. The third-order valence-corrected chi connectivity index (χ3v) is 8.52. The zero-order valence-corrected chi connectivity index (χ0v) is 25.4. The van der Waals surface area contributed by atoms with Gasteiger partial charge in [-0.25, -0.2) is 28.2 Å². The van der Waals surface area contributed by atoms with Gasteiger partial charge >= 0.3 is 5.97 Å². The Labute approximate surface area is 262 Å². The molecule has 0 aliphatic carbocycles. The first kappa shape index (κ1) is 29.5. The molecule has 1 saturated heterocycles. The molecule has 1 aliphatic heterocycles. The SMILES string of the molecule is Cn1nnc2cc(COc3cccc(-c4cc(F)c(Cc5nc6ccc(C(=O)O)cc6n5[C@@H]5COCC5(C)C)cc4F)n3)ccc21. The maximum Gasteiger partial charge on any atom is 0.335 e. The van der Waals surface area contributed by atoms with Gasteiger partial charge in [-0.05, 0) is 59.7 Å². The average Bonchev–Trinajstić information content (AvgIpc) is 3.70. The molecule has 0 radical (unpaired) electrons. The van der Waals surface area contributed by atoms with Crippen LogP contribution in [0.1, 0.15) is 47.2 Å². The quantitative estimate of drug-likeness (QED) is 0.215. The van der Waals surface area contributed by atoms with Crippen LogP contribution in [0.3, 0.4) is 0 Å². The number of carboxylic acid groups (broad SMARTS) is 1. The number of aryl methyl sites for hydroxylation is 1. The molecule has 6 aromatic rings. The monoisotopic (exact) mass is 624 g/mol. The van der Waals surface area contributed by atoms with Crippen molar-refractivity contribution in [3.05, 3.63) is 101 Å². The lowest BCUT2D eigenvalue weighted by molar-refractivity contribution is 0.0697. The Morgan fingerprint density at radius 1 is 1.02 bits per heavy atom. The molecule has 7 rings (SSSR count). The first-order valence-electron chi connectivity index (χ1n) is 14.8. The molecular formula is C34H30F2N6O4. The Balaban J connectivity index is 1.17. The number of ether oxygens (including phenoxy) is 2. The molecule has 0 unspecified atom stereocenters. The Morgan fingerprint density at radius 2 is 1.87 bits per heavy atom. The molecule has 0 bridgehead atoms. The maximum absolute atomic E-state index is 15.7. The van der Waals surface area contributed by atoms with E-state index in [2.05, 4.69) is 29.1 Å². The second-order valence-corrected chi connectivity index (χ2v) is 12.2. The number of hydrogen-bond donors (Lipinski definition) is 1. The molecule has 46 heavy (non-hydrogen) atoms. The molecule has 12 heteroatoms. The molecule has 1 atom stereocenters. The molecule has 0 spiro atoms. The van der Waals surface area contributed by atoms with Crippen molar-refractivity contribution in [1.29, 1.82) is 0 Å². The predicted molar refractivity (Wildman–Crippen MR) is 166 cm³/mol. The number of fused-ring (bicyclic) bond motifs is 2. The fourth-order valence-electron chi connectivity index (χ4n) is 6.00. The molecule has 3 aromatic heterocycles. The molecule has 0 saturated carbocycles. The molecule has 1 N–H and O–H groups in total. The van der Waals surface area contributed by atoms with Crippen LogP contribution in [0, 0.1) is 17.0 Å². The number of aromatic carboxylic acids is 1. The highest BCUT2D eigenvalue weighted by Gasteiger charge is 2.39. The second-order valence-electron chi connectivity index (χ2n) is 12.2. The van der Waals surface area contributed by atoms with E-state index in [1.807, 2.05) is 29.8 Å². The van der Waals surface area contributed by atoms with Crippen molar-refractivity contribution >= 4 is 28.0 Å². The van der Waals surface area contributed by atoms with E-state index in [0.29, 0.717) is 30.1 Å². The Hall–Kier alpha value is -5.23. The van der Waals surface area contributed by atoms with Crippen LogP contribution in [0.2, 0.25) is 0 Å². The van der Waals surface area contributed by atoms with Crippen LogP contribution in [-0.4, -0.2) is 53.8 Å². The van der Waals surface area contributed by atoms with Gasteiger partial charge in [-0.15, -0.1) is 5.10 Å². The van der Waals surface area contributed by atoms with Crippen molar-refractivity contribution in [2.24, 2.45) is 12.5 Å². The van der Waals surface area contributed by atoms with Crippen LogP contribution in [0.5, 0.6) is 5.88 Å². The van der Waals surface area contributed by atoms with Gasteiger partial charge in [-0.2, -0.15) is 0 Å². The minimum Gasteiger partial charge on any atom is -0.478 e. The summed E-state index contributed by atoms with van der Waals surface area (Å²) in [6.45, 7) is 5.20. The van der Waals surface area contributed by atoms with Gasteiger partial charge in [0.15, 0.2) is 0 Å². The summed E-state index contributed by atoms with van der Waals surface area (Å²) in [4.78, 5) is 20.9. The van der Waals surface area contributed by atoms with Gasteiger partial charge in [0.2, 0.25) is 5.88 Å². The molecule has 1 fully saturated rings. The van der Waals surface area contributed by atoms with E-state index in [1.165, 1.54) is 12.1 Å². The number of imidazole rings is 1. The van der Waals surface area contributed by atoms with Crippen molar-refractivity contribution in [3.8, 4) is 17.1 Å². The molecule has 1 aliphatic rings. The molecule has 3 aromatic carbocycles. The van der Waals surface area contributed by atoms with E-state index in [-0.39, 0.29) is 52.7 Å². The van der Waals surface area contributed by atoms with E-state index in [1.54, 1.807) is 35.0 Å².